The van der Waals surface area contributed by atoms with E-state index in [-0.39, 0.29) is 12.9 Å². The number of aromatic amines is 1. The third-order valence-corrected chi connectivity index (χ3v) is 8.54. The van der Waals surface area contributed by atoms with Gasteiger partial charge in [0.1, 0.15) is 11.5 Å². The molecule has 0 spiro atoms. The van der Waals surface area contributed by atoms with Crippen LogP contribution in [0.15, 0.2) is 95.7 Å². The number of aromatic nitrogens is 1. The van der Waals surface area contributed by atoms with Crippen LogP contribution in [0.1, 0.15) is 62.7 Å². The van der Waals surface area contributed by atoms with E-state index in [1.54, 1.807) is 0 Å². The van der Waals surface area contributed by atoms with Gasteiger partial charge < -0.3 is 14.5 Å². The molecule has 1 atom stereocenters. The number of para-hydroxylation sites is 2. The van der Waals surface area contributed by atoms with E-state index >= 15 is 0 Å². The van der Waals surface area contributed by atoms with E-state index < -0.39 is 0 Å². The topological polar surface area (TPSA) is 28.3 Å². The van der Waals surface area contributed by atoms with E-state index in [9.17, 15) is 0 Å². The first kappa shape index (κ1) is 26.7. The summed E-state index contributed by atoms with van der Waals surface area (Å²) in [6.45, 7) is 17.6. The van der Waals surface area contributed by atoms with Gasteiger partial charge in [0, 0.05) is 23.0 Å². The van der Waals surface area contributed by atoms with Crippen molar-refractivity contribution in [3.8, 4) is 11.5 Å². The summed E-state index contributed by atoms with van der Waals surface area (Å²) in [5, 5.41) is 0. The van der Waals surface area contributed by atoms with Crippen LogP contribution in [0.4, 0.5) is 0 Å². The lowest BCUT2D eigenvalue weighted by atomic mass is 9.47. The summed E-state index contributed by atoms with van der Waals surface area (Å²) in [6, 6.07) is 28.1. The Kier molecular flexibility index (Phi) is 7.31. The summed E-state index contributed by atoms with van der Waals surface area (Å²) in [4.78, 5) is 6.41. The highest BCUT2D eigenvalue weighted by Gasteiger charge is 2.44. The van der Waals surface area contributed by atoms with E-state index in [1.165, 1.54) is 61.4 Å². The predicted octanol–water partition coefficient (Wildman–Crippen LogP) is 7.68. The first-order valence-electron chi connectivity index (χ1n) is 14.2. The first-order chi connectivity index (χ1) is 18.9. The molecule has 1 unspecified atom stereocenters. The molecule has 1 N–H and O–H groups in total. The largest absolute Gasteiger partial charge is 0.458 e. The fourth-order valence-electron chi connectivity index (χ4n) is 6.05. The molecule has 3 aromatic carbocycles. The lowest BCUT2D eigenvalue weighted by molar-refractivity contribution is 0.472. The Balaban J connectivity index is 0.00000151. The number of hydrogen-bond donors (Lipinski definition) is 1. The molecule has 4 heteroatoms. The molecule has 2 aliphatic heterocycles. The Morgan fingerprint density at radius 2 is 1.28 bits per heavy atom. The highest BCUT2D eigenvalue weighted by molar-refractivity contribution is 6.85. The fraction of sp³-hybridized carbons (Fsp3) is 0.257. The van der Waals surface area contributed by atoms with Gasteiger partial charge in [-0.3, -0.25) is 0 Å². The van der Waals surface area contributed by atoms with Crippen LogP contribution in [0.5, 0.6) is 11.5 Å². The second-order valence-corrected chi connectivity index (χ2v) is 10.4. The lowest BCUT2D eigenvalue weighted by Crippen LogP contribution is -2.59. The van der Waals surface area contributed by atoms with E-state index in [0.29, 0.717) is 0 Å². The van der Waals surface area contributed by atoms with Crippen molar-refractivity contribution in [2.24, 2.45) is 0 Å². The Morgan fingerprint density at radius 1 is 0.744 bits per heavy atom. The van der Waals surface area contributed by atoms with Crippen LogP contribution >= 0.6 is 0 Å². The number of hydrogen-bond acceptors (Lipinski definition) is 2. The summed E-state index contributed by atoms with van der Waals surface area (Å²) in [6.07, 6.45) is 0. The van der Waals surface area contributed by atoms with Crippen LogP contribution < -0.4 is 15.7 Å². The molecular weight excluding hydrogens is 475 g/mol. The minimum absolute atomic E-state index is 0.0368. The van der Waals surface area contributed by atoms with Gasteiger partial charge in [0.15, 0.2) is 0 Å². The maximum absolute atomic E-state index is 6.40. The Bertz CT molecular complexity index is 1530. The van der Waals surface area contributed by atoms with Crippen LogP contribution in [-0.2, 0) is 0 Å². The second kappa shape index (κ2) is 10.7. The smallest absolute Gasteiger partial charge is 0.331 e. The molecular formula is C35H39BN2O. The average molecular weight is 515 g/mol. The quantitative estimate of drug-likeness (QED) is 0.284. The number of nitrogens with one attached hydrogen (secondary N) is 1. The minimum Gasteiger partial charge on any atom is -0.458 e. The molecule has 0 aliphatic carbocycles. The van der Waals surface area contributed by atoms with Crippen LogP contribution in [0.25, 0.3) is 5.57 Å². The van der Waals surface area contributed by atoms with Crippen molar-refractivity contribution in [1.82, 2.24) is 9.79 Å². The van der Waals surface area contributed by atoms with E-state index in [0.717, 1.165) is 11.5 Å². The van der Waals surface area contributed by atoms with Gasteiger partial charge in [0.2, 0.25) is 0 Å². The van der Waals surface area contributed by atoms with Gasteiger partial charge in [-0.25, -0.2) is 0 Å². The van der Waals surface area contributed by atoms with Crippen molar-refractivity contribution in [3.63, 3.8) is 0 Å². The standard InChI is InChI=1S/C33H33BN2O.C2H6/c1-20-22(3)32(35-24(20)5)31(26-14-8-7-9-15-26)33-23(4)21(2)25(6)36(33)34-27-16-10-12-18-29(27)37-30-19-13-11-17-28(30)34;1-2/h7-19,25,35H,1-6H3;1-2H3/b33-31-;. The summed E-state index contributed by atoms with van der Waals surface area (Å²) in [5.74, 6) is 1.87. The number of fused-ring (bicyclic) bond motifs is 2. The summed E-state index contributed by atoms with van der Waals surface area (Å²) < 4.78 is 6.40. The lowest BCUT2D eigenvalue weighted by Gasteiger charge is -2.38. The maximum Gasteiger partial charge on any atom is 0.331 e. The molecule has 6 rings (SSSR count). The first-order valence-corrected chi connectivity index (χ1v) is 14.2. The Morgan fingerprint density at radius 3 is 1.82 bits per heavy atom. The van der Waals surface area contributed by atoms with Crippen LogP contribution in [-0.4, -0.2) is 22.7 Å². The van der Waals surface area contributed by atoms with Gasteiger partial charge in [-0.15, -0.1) is 0 Å². The summed E-state index contributed by atoms with van der Waals surface area (Å²) >= 11 is 0. The summed E-state index contributed by atoms with van der Waals surface area (Å²) in [7, 11) is 0. The predicted molar refractivity (Wildman–Crippen MR) is 166 cm³/mol. The third kappa shape index (κ3) is 4.32. The number of ether oxygens (including phenoxy) is 1. The second-order valence-electron chi connectivity index (χ2n) is 10.4. The molecule has 0 amide bonds. The van der Waals surface area contributed by atoms with Gasteiger partial charge >= 0.3 is 6.85 Å². The molecule has 39 heavy (non-hydrogen) atoms. The highest BCUT2D eigenvalue weighted by Crippen LogP contribution is 2.43. The molecule has 0 fully saturated rings. The van der Waals surface area contributed by atoms with E-state index in [4.69, 9.17) is 4.74 Å². The molecule has 1 aromatic heterocycles. The molecule has 0 saturated heterocycles. The molecule has 0 bridgehead atoms. The Hall–Kier alpha value is -3.92. The monoisotopic (exact) mass is 514 g/mol. The maximum atomic E-state index is 6.40. The molecule has 0 radical (unpaired) electrons. The molecule has 4 aromatic rings. The van der Waals surface area contributed by atoms with Crippen LogP contribution in [0.2, 0.25) is 0 Å². The number of benzene rings is 3. The van der Waals surface area contributed by atoms with Gasteiger partial charge in [0.25, 0.3) is 0 Å². The van der Waals surface area contributed by atoms with Crippen LogP contribution in [0.3, 0.4) is 0 Å². The molecule has 0 saturated carbocycles. The fourth-order valence-corrected chi connectivity index (χ4v) is 6.05. The third-order valence-electron chi connectivity index (χ3n) is 8.54. The van der Waals surface area contributed by atoms with Crippen molar-refractivity contribution < 1.29 is 4.74 Å². The zero-order chi connectivity index (χ0) is 27.8. The zero-order valence-electron chi connectivity index (χ0n) is 24.5. The molecule has 2 aliphatic rings. The van der Waals surface area contributed by atoms with Crippen molar-refractivity contribution in [1.29, 1.82) is 0 Å². The van der Waals surface area contributed by atoms with E-state index in [2.05, 4.69) is 130 Å². The summed E-state index contributed by atoms with van der Waals surface area (Å²) in [5.41, 5.74) is 14.0. The number of aryl methyl sites for hydroxylation is 1. The normalized spacial score (nSPS) is 17.3. The van der Waals surface area contributed by atoms with Crippen molar-refractivity contribution in [2.45, 2.75) is 61.4 Å². The van der Waals surface area contributed by atoms with Gasteiger partial charge in [0.05, 0.1) is 5.69 Å². The number of nitrogens with zero attached hydrogens (tertiary/aromatic N) is 1. The van der Waals surface area contributed by atoms with Gasteiger partial charge in [-0.1, -0.05) is 80.6 Å². The highest BCUT2D eigenvalue weighted by atomic mass is 16.5. The zero-order valence-corrected chi connectivity index (χ0v) is 24.5. The number of rotatable bonds is 3. The van der Waals surface area contributed by atoms with Crippen LogP contribution in [0, 0.1) is 20.8 Å². The Labute approximate surface area is 234 Å². The van der Waals surface area contributed by atoms with Crippen molar-refractivity contribution in [2.75, 3.05) is 0 Å². The van der Waals surface area contributed by atoms with Gasteiger partial charge in [-0.2, -0.15) is 0 Å². The van der Waals surface area contributed by atoms with E-state index in [1.807, 2.05) is 13.8 Å². The minimum atomic E-state index is 0.0368. The SMILES string of the molecule is CC.CC1=C(C)C(C)N(B2c3ccccc3Oc3ccccc32)/C1=C(/c1ccccc1)c1[nH]c(C)c(C)c1C. The molecule has 3 heterocycles. The van der Waals surface area contributed by atoms with Crippen molar-refractivity contribution in [3.05, 3.63) is 124 Å². The number of H-pyrrole nitrogens is 1. The van der Waals surface area contributed by atoms with Crippen molar-refractivity contribution >= 4 is 23.3 Å². The average Bonchev–Trinajstić information content (AvgIpc) is 3.35. The molecule has 3 nitrogen and oxygen atoms in total. The number of allylic oxidation sites excluding steroid dienone is 1. The molecule has 198 valence electrons. The van der Waals surface area contributed by atoms with Gasteiger partial charge in [-0.05, 0) is 92.4 Å².